The summed E-state index contributed by atoms with van der Waals surface area (Å²) in [6.45, 7) is 12.3. The highest BCUT2D eigenvalue weighted by molar-refractivity contribution is 5.20. The van der Waals surface area contributed by atoms with E-state index in [-0.39, 0.29) is 11.6 Å². The zero-order valence-electron chi connectivity index (χ0n) is 12.8. The molecule has 0 radical (unpaired) electrons. The lowest BCUT2D eigenvalue weighted by molar-refractivity contribution is 0.0449. The molecule has 0 bridgehead atoms. The van der Waals surface area contributed by atoms with Crippen molar-refractivity contribution < 1.29 is 9.84 Å². The molecule has 19 heavy (non-hydrogen) atoms. The fourth-order valence-corrected chi connectivity index (χ4v) is 1.55. The second kappa shape index (κ2) is 5.88. The Morgan fingerprint density at radius 3 is 2.42 bits per heavy atom. The lowest BCUT2D eigenvalue weighted by Crippen LogP contribution is -2.45. The SMILES string of the molecule is CC(C)Oc1cccc([C@](C)(O)CNC(C)(C)C)n1. The van der Waals surface area contributed by atoms with Gasteiger partial charge in [0, 0.05) is 18.2 Å². The van der Waals surface area contributed by atoms with Crippen LogP contribution in [0.5, 0.6) is 5.88 Å². The maximum Gasteiger partial charge on any atom is 0.213 e. The van der Waals surface area contributed by atoms with Crippen molar-refractivity contribution in [2.45, 2.75) is 58.8 Å². The van der Waals surface area contributed by atoms with Gasteiger partial charge in [-0.3, -0.25) is 0 Å². The molecule has 0 aliphatic heterocycles. The van der Waals surface area contributed by atoms with Crippen LogP contribution in [0, 0.1) is 0 Å². The van der Waals surface area contributed by atoms with Gasteiger partial charge in [-0.15, -0.1) is 0 Å². The van der Waals surface area contributed by atoms with Gasteiger partial charge in [-0.25, -0.2) is 4.98 Å². The molecule has 1 aromatic heterocycles. The Kier molecular flexibility index (Phi) is 4.93. The third kappa shape index (κ3) is 5.57. The van der Waals surface area contributed by atoms with E-state index in [4.69, 9.17) is 4.74 Å². The zero-order chi connectivity index (χ0) is 14.7. The maximum atomic E-state index is 10.5. The van der Waals surface area contributed by atoms with Crippen LogP contribution in [0.15, 0.2) is 18.2 Å². The molecule has 0 spiro atoms. The van der Waals surface area contributed by atoms with E-state index in [1.54, 1.807) is 13.0 Å². The normalized spacial score (nSPS) is 15.4. The van der Waals surface area contributed by atoms with E-state index < -0.39 is 5.60 Å². The first-order chi connectivity index (χ1) is 8.60. The Morgan fingerprint density at radius 2 is 1.89 bits per heavy atom. The van der Waals surface area contributed by atoms with Gasteiger partial charge in [-0.1, -0.05) is 6.07 Å². The number of β-amino-alcohol motifs (C(OH)–C–C–N with tert-alkyl or cyclic N) is 1. The van der Waals surface area contributed by atoms with Gasteiger partial charge >= 0.3 is 0 Å². The second-order valence-electron chi connectivity index (χ2n) is 6.41. The Bertz CT molecular complexity index is 409. The molecule has 1 heterocycles. The van der Waals surface area contributed by atoms with Gasteiger partial charge in [0.15, 0.2) is 0 Å². The Morgan fingerprint density at radius 1 is 1.26 bits per heavy atom. The van der Waals surface area contributed by atoms with Gasteiger partial charge in [0.05, 0.1) is 11.8 Å². The number of ether oxygens (including phenoxy) is 1. The predicted molar refractivity (Wildman–Crippen MR) is 77.3 cm³/mol. The quantitative estimate of drug-likeness (QED) is 0.859. The number of hydrogen-bond acceptors (Lipinski definition) is 4. The molecular formula is C15H26N2O2. The maximum absolute atomic E-state index is 10.5. The van der Waals surface area contributed by atoms with Crippen LogP contribution in [0.3, 0.4) is 0 Å². The van der Waals surface area contributed by atoms with Crippen molar-refractivity contribution in [2.75, 3.05) is 6.54 Å². The minimum absolute atomic E-state index is 0.0456. The third-order valence-corrected chi connectivity index (χ3v) is 2.59. The number of nitrogens with one attached hydrogen (secondary N) is 1. The van der Waals surface area contributed by atoms with Crippen LogP contribution < -0.4 is 10.1 Å². The molecule has 4 nitrogen and oxygen atoms in total. The number of aliphatic hydroxyl groups is 1. The van der Waals surface area contributed by atoms with E-state index in [0.717, 1.165) is 0 Å². The molecule has 0 aliphatic rings. The molecule has 0 fully saturated rings. The second-order valence-corrected chi connectivity index (χ2v) is 6.41. The average Bonchev–Trinajstić information content (AvgIpc) is 2.25. The standard InChI is InChI=1S/C15H26N2O2/c1-11(2)19-13-9-7-8-12(17-13)15(6,18)10-16-14(3,4)5/h7-9,11,16,18H,10H2,1-6H3/t15-/m1/s1. The van der Waals surface area contributed by atoms with Gasteiger partial charge in [0.25, 0.3) is 0 Å². The Balaban J connectivity index is 2.82. The van der Waals surface area contributed by atoms with Gasteiger partial charge in [0.1, 0.15) is 5.60 Å². The topological polar surface area (TPSA) is 54.4 Å². The zero-order valence-corrected chi connectivity index (χ0v) is 12.8. The summed E-state index contributed by atoms with van der Waals surface area (Å²) in [6.07, 6.45) is 0.0698. The Labute approximate surface area is 116 Å². The van der Waals surface area contributed by atoms with Crippen molar-refractivity contribution in [1.29, 1.82) is 0 Å². The third-order valence-electron chi connectivity index (χ3n) is 2.59. The molecular weight excluding hydrogens is 240 g/mol. The smallest absolute Gasteiger partial charge is 0.213 e. The largest absolute Gasteiger partial charge is 0.475 e. The highest BCUT2D eigenvalue weighted by atomic mass is 16.5. The monoisotopic (exact) mass is 266 g/mol. The molecule has 1 rings (SSSR count). The van der Waals surface area contributed by atoms with E-state index >= 15 is 0 Å². The van der Waals surface area contributed by atoms with Crippen LogP contribution >= 0.6 is 0 Å². The molecule has 1 atom stereocenters. The van der Waals surface area contributed by atoms with Crippen molar-refractivity contribution in [2.24, 2.45) is 0 Å². The van der Waals surface area contributed by atoms with Gasteiger partial charge in [-0.2, -0.15) is 0 Å². The number of hydrogen-bond donors (Lipinski definition) is 2. The van der Waals surface area contributed by atoms with Gasteiger partial charge < -0.3 is 15.2 Å². The lowest BCUT2D eigenvalue weighted by atomic mass is 9.99. The summed E-state index contributed by atoms with van der Waals surface area (Å²) < 4.78 is 5.55. The van der Waals surface area contributed by atoms with Crippen LogP contribution in [0.1, 0.15) is 47.2 Å². The summed E-state index contributed by atoms with van der Waals surface area (Å²) in [4.78, 5) is 4.37. The predicted octanol–water partition coefficient (Wildman–Crippen LogP) is 2.46. The first-order valence-electron chi connectivity index (χ1n) is 6.72. The number of rotatable bonds is 5. The minimum atomic E-state index is -1.02. The summed E-state index contributed by atoms with van der Waals surface area (Å²) >= 11 is 0. The summed E-state index contributed by atoms with van der Waals surface area (Å²) in [5, 5.41) is 13.8. The minimum Gasteiger partial charge on any atom is -0.475 e. The molecule has 1 aromatic rings. The van der Waals surface area contributed by atoms with E-state index in [0.29, 0.717) is 18.1 Å². The number of nitrogens with zero attached hydrogens (tertiary/aromatic N) is 1. The van der Waals surface area contributed by atoms with Gasteiger partial charge in [-0.05, 0) is 47.6 Å². The van der Waals surface area contributed by atoms with Crippen LogP contribution in [-0.4, -0.2) is 28.3 Å². The highest BCUT2D eigenvalue weighted by Gasteiger charge is 2.27. The molecule has 0 aromatic carbocycles. The average molecular weight is 266 g/mol. The van der Waals surface area contributed by atoms with Crippen molar-refractivity contribution in [3.63, 3.8) is 0 Å². The first kappa shape index (κ1) is 15.9. The fourth-order valence-electron chi connectivity index (χ4n) is 1.55. The van der Waals surface area contributed by atoms with Crippen LogP contribution in [0.4, 0.5) is 0 Å². The van der Waals surface area contributed by atoms with Crippen LogP contribution in [0.2, 0.25) is 0 Å². The van der Waals surface area contributed by atoms with Crippen molar-refractivity contribution in [3.05, 3.63) is 23.9 Å². The van der Waals surface area contributed by atoms with Crippen molar-refractivity contribution in [3.8, 4) is 5.88 Å². The van der Waals surface area contributed by atoms with Crippen molar-refractivity contribution in [1.82, 2.24) is 10.3 Å². The number of aromatic nitrogens is 1. The van der Waals surface area contributed by atoms with Crippen molar-refractivity contribution >= 4 is 0 Å². The van der Waals surface area contributed by atoms with E-state index in [9.17, 15) is 5.11 Å². The molecule has 0 aliphatic carbocycles. The fraction of sp³-hybridized carbons (Fsp3) is 0.667. The molecule has 0 saturated carbocycles. The molecule has 108 valence electrons. The van der Waals surface area contributed by atoms with Crippen LogP contribution in [-0.2, 0) is 5.60 Å². The number of pyridine rings is 1. The van der Waals surface area contributed by atoms with Crippen LogP contribution in [0.25, 0.3) is 0 Å². The summed E-state index contributed by atoms with van der Waals surface area (Å²) in [5.41, 5.74) is -0.456. The molecule has 2 N–H and O–H groups in total. The lowest BCUT2D eigenvalue weighted by Gasteiger charge is -2.29. The highest BCUT2D eigenvalue weighted by Crippen LogP contribution is 2.21. The van der Waals surface area contributed by atoms with Gasteiger partial charge in [0.2, 0.25) is 5.88 Å². The Hall–Kier alpha value is -1.13. The first-order valence-corrected chi connectivity index (χ1v) is 6.72. The molecule has 0 saturated heterocycles. The molecule has 4 heteroatoms. The van der Waals surface area contributed by atoms with E-state index in [1.807, 2.05) is 26.0 Å². The van der Waals surface area contributed by atoms with E-state index in [1.165, 1.54) is 0 Å². The summed E-state index contributed by atoms with van der Waals surface area (Å²) in [5.74, 6) is 0.545. The summed E-state index contributed by atoms with van der Waals surface area (Å²) in [7, 11) is 0. The molecule has 0 unspecified atom stereocenters. The summed E-state index contributed by atoms with van der Waals surface area (Å²) in [6, 6.07) is 5.47. The van der Waals surface area contributed by atoms with E-state index in [2.05, 4.69) is 31.1 Å². The molecule has 0 amide bonds.